The van der Waals surface area contributed by atoms with Gasteiger partial charge in [-0.3, -0.25) is 0 Å². The minimum Gasteiger partial charge on any atom is -0.478 e. The van der Waals surface area contributed by atoms with E-state index < -0.39 is 11.9 Å². The quantitative estimate of drug-likeness (QED) is 0.691. The molecule has 0 spiro atoms. The zero-order chi connectivity index (χ0) is 14.3. The summed E-state index contributed by atoms with van der Waals surface area (Å²) in [6.45, 7) is 0. The smallest absolute Gasteiger partial charge is 0.338 e. The largest absolute Gasteiger partial charge is 0.478 e. The molecule has 0 radical (unpaired) electrons. The van der Waals surface area contributed by atoms with Crippen LogP contribution in [0, 0.1) is 0 Å². The van der Waals surface area contributed by atoms with Gasteiger partial charge in [0.1, 0.15) is 11.1 Å². The maximum absolute atomic E-state index is 11.3. The molecule has 0 bridgehead atoms. The Bertz CT molecular complexity index is 874. The van der Waals surface area contributed by atoms with Crippen molar-refractivity contribution in [3.05, 3.63) is 47.5 Å². The van der Waals surface area contributed by atoms with Crippen LogP contribution in [0.1, 0.15) is 20.7 Å². The van der Waals surface area contributed by atoms with Crippen molar-refractivity contribution < 1.29 is 19.8 Å². The molecule has 6 heteroatoms. The van der Waals surface area contributed by atoms with Gasteiger partial charge in [0, 0.05) is 0 Å². The molecule has 1 heterocycles. The Balaban J connectivity index is 2.49. The van der Waals surface area contributed by atoms with Gasteiger partial charge in [-0.25, -0.2) is 19.6 Å². The minimum absolute atomic E-state index is 0.0797. The number of rotatable bonds is 2. The zero-order valence-electron chi connectivity index (χ0n) is 10.1. The molecule has 2 aromatic carbocycles. The normalized spacial score (nSPS) is 10.8. The van der Waals surface area contributed by atoms with Crippen LogP contribution < -0.4 is 0 Å². The molecule has 0 saturated carbocycles. The summed E-state index contributed by atoms with van der Waals surface area (Å²) in [7, 11) is 0. The van der Waals surface area contributed by atoms with Gasteiger partial charge in [-0.15, -0.1) is 0 Å². The minimum atomic E-state index is -1.34. The lowest BCUT2D eigenvalue weighted by Gasteiger charge is -2.06. The molecule has 6 nitrogen and oxygen atoms in total. The number of nitrogens with zero attached hydrogens (tertiary/aromatic N) is 2. The van der Waals surface area contributed by atoms with Gasteiger partial charge in [-0.2, -0.15) is 0 Å². The summed E-state index contributed by atoms with van der Waals surface area (Å²) in [4.78, 5) is 31.0. The van der Waals surface area contributed by atoms with E-state index in [1.165, 1.54) is 12.1 Å². The van der Waals surface area contributed by atoms with Gasteiger partial charge in [0.05, 0.1) is 22.1 Å². The molecule has 1 aromatic heterocycles. The Kier molecular flexibility index (Phi) is 2.57. The third kappa shape index (κ3) is 1.74. The van der Waals surface area contributed by atoms with Crippen molar-refractivity contribution in [3.8, 4) is 0 Å². The predicted molar refractivity (Wildman–Crippen MR) is 71.0 cm³/mol. The van der Waals surface area contributed by atoms with Crippen molar-refractivity contribution in [1.29, 1.82) is 0 Å². The second kappa shape index (κ2) is 4.27. The number of carboxylic acids is 2. The van der Waals surface area contributed by atoms with Crippen LogP contribution in [-0.2, 0) is 0 Å². The molecule has 0 amide bonds. The van der Waals surface area contributed by atoms with Gasteiger partial charge < -0.3 is 10.2 Å². The molecule has 0 fully saturated rings. The Morgan fingerprint density at radius 1 is 0.800 bits per heavy atom. The number of para-hydroxylation sites is 2. The third-order valence-corrected chi connectivity index (χ3v) is 2.96. The molecule has 98 valence electrons. The van der Waals surface area contributed by atoms with E-state index >= 15 is 0 Å². The van der Waals surface area contributed by atoms with Gasteiger partial charge in [-0.05, 0) is 24.3 Å². The SMILES string of the molecule is O=C(O)c1ccc2nc3ccccc3nc2c1C(=O)O. The Hall–Kier alpha value is -3.02. The molecule has 0 saturated heterocycles. The topological polar surface area (TPSA) is 100 Å². The molecule has 0 atom stereocenters. The molecule has 0 aliphatic rings. The van der Waals surface area contributed by atoms with Crippen LogP contribution in [0.25, 0.3) is 22.1 Å². The average molecular weight is 268 g/mol. The summed E-state index contributed by atoms with van der Waals surface area (Å²) >= 11 is 0. The average Bonchev–Trinajstić information content (AvgIpc) is 2.43. The van der Waals surface area contributed by atoms with E-state index in [-0.39, 0.29) is 16.6 Å². The summed E-state index contributed by atoms with van der Waals surface area (Å²) in [6.07, 6.45) is 0. The van der Waals surface area contributed by atoms with Gasteiger partial charge in [0.2, 0.25) is 0 Å². The van der Waals surface area contributed by atoms with Gasteiger partial charge >= 0.3 is 11.9 Å². The van der Waals surface area contributed by atoms with Crippen LogP contribution in [0.15, 0.2) is 36.4 Å². The molecule has 3 aromatic rings. The highest BCUT2D eigenvalue weighted by Crippen LogP contribution is 2.22. The van der Waals surface area contributed by atoms with Crippen LogP contribution in [0.5, 0.6) is 0 Å². The molecule has 20 heavy (non-hydrogen) atoms. The van der Waals surface area contributed by atoms with E-state index in [0.717, 1.165) is 0 Å². The van der Waals surface area contributed by atoms with Crippen LogP contribution in [0.3, 0.4) is 0 Å². The fourth-order valence-corrected chi connectivity index (χ4v) is 2.08. The van der Waals surface area contributed by atoms with Crippen LogP contribution in [0.4, 0.5) is 0 Å². The highest BCUT2D eigenvalue weighted by atomic mass is 16.4. The molecule has 0 unspecified atom stereocenters. The van der Waals surface area contributed by atoms with Crippen molar-refractivity contribution >= 4 is 34.0 Å². The van der Waals surface area contributed by atoms with Gasteiger partial charge in [0.25, 0.3) is 0 Å². The summed E-state index contributed by atoms with van der Waals surface area (Å²) in [5.41, 5.74) is 0.939. The van der Waals surface area contributed by atoms with E-state index in [9.17, 15) is 14.7 Å². The Labute approximate surface area is 112 Å². The Morgan fingerprint density at radius 3 is 2.05 bits per heavy atom. The fraction of sp³-hybridized carbons (Fsp3) is 0. The monoisotopic (exact) mass is 268 g/mol. The summed E-state index contributed by atoms with van der Waals surface area (Å²) in [6, 6.07) is 9.70. The number of carbonyl (C=O) groups is 2. The van der Waals surface area contributed by atoms with Crippen molar-refractivity contribution in [3.63, 3.8) is 0 Å². The van der Waals surface area contributed by atoms with E-state index in [1.54, 1.807) is 24.3 Å². The van der Waals surface area contributed by atoms with Crippen molar-refractivity contribution in [2.75, 3.05) is 0 Å². The highest BCUT2D eigenvalue weighted by molar-refractivity contribution is 6.10. The van der Waals surface area contributed by atoms with Gasteiger partial charge in [0.15, 0.2) is 0 Å². The Morgan fingerprint density at radius 2 is 1.45 bits per heavy atom. The summed E-state index contributed by atoms with van der Waals surface area (Å²) in [5.74, 6) is -2.64. The first kappa shape index (κ1) is 12.0. The van der Waals surface area contributed by atoms with Crippen molar-refractivity contribution in [2.24, 2.45) is 0 Å². The molecule has 3 rings (SSSR count). The lowest BCUT2D eigenvalue weighted by atomic mass is 10.0. The number of hydrogen-bond donors (Lipinski definition) is 2. The molecule has 0 aliphatic carbocycles. The van der Waals surface area contributed by atoms with E-state index in [1.807, 2.05) is 0 Å². The summed E-state index contributed by atoms with van der Waals surface area (Å²) < 4.78 is 0. The van der Waals surface area contributed by atoms with Crippen molar-refractivity contribution in [2.45, 2.75) is 0 Å². The predicted octanol–water partition coefficient (Wildman–Crippen LogP) is 2.18. The molecular formula is C14H8N2O4. The maximum Gasteiger partial charge on any atom is 0.338 e. The number of benzene rings is 2. The van der Waals surface area contributed by atoms with E-state index in [0.29, 0.717) is 16.6 Å². The second-order valence-corrected chi connectivity index (χ2v) is 4.18. The maximum atomic E-state index is 11.3. The lowest BCUT2D eigenvalue weighted by molar-refractivity contribution is 0.0653. The first-order chi connectivity index (χ1) is 9.58. The summed E-state index contributed by atoms with van der Waals surface area (Å²) in [5, 5.41) is 18.3. The van der Waals surface area contributed by atoms with Gasteiger partial charge in [-0.1, -0.05) is 12.1 Å². The molecular weight excluding hydrogens is 260 g/mol. The van der Waals surface area contributed by atoms with Crippen molar-refractivity contribution in [1.82, 2.24) is 9.97 Å². The highest BCUT2D eigenvalue weighted by Gasteiger charge is 2.21. The van der Waals surface area contributed by atoms with Crippen LogP contribution in [0.2, 0.25) is 0 Å². The van der Waals surface area contributed by atoms with E-state index in [4.69, 9.17) is 5.11 Å². The van der Waals surface area contributed by atoms with Crippen LogP contribution >= 0.6 is 0 Å². The number of aromatic nitrogens is 2. The first-order valence-corrected chi connectivity index (χ1v) is 5.74. The second-order valence-electron chi connectivity index (χ2n) is 4.18. The number of fused-ring (bicyclic) bond motifs is 2. The standard InChI is InChI=1S/C14H8N2O4/c17-13(18)7-5-6-10-12(11(7)14(19)20)16-9-4-2-1-3-8(9)15-10/h1-6H,(H,17,18)(H,19,20). The molecule has 0 aliphatic heterocycles. The third-order valence-electron chi connectivity index (χ3n) is 2.96. The number of hydrogen-bond acceptors (Lipinski definition) is 4. The molecule has 2 N–H and O–H groups in total. The first-order valence-electron chi connectivity index (χ1n) is 5.74. The van der Waals surface area contributed by atoms with E-state index in [2.05, 4.69) is 9.97 Å². The number of carboxylic acid groups (broad SMARTS) is 2. The van der Waals surface area contributed by atoms with Crippen LogP contribution in [-0.4, -0.2) is 32.1 Å². The fourth-order valence-electron chi connectivity index (χ4n) is 2.08. The zero-order valence-corrected chi connectivity index (χ0v) is 10.1. The number of aromatic carboxylic acids is 2. The lowest BCUT2D eigenvalue weighted by Crippen LogP contribution is -2.10.